The Hall–Kier alpha value is -3.42. The van der Waals surface area contributed by atoms with Crippen LogP contribution in [0.4, 0.5) is 8.78 Å². The van der Waals surface area contributed by atoms with Crippen molar-refractivity contribution in [2.24, 2.45) is 5.92 Å². The minimum atomic E-state index is -0.629. The van der Waals surface area contributed by atoms with Crippen LogP contribution in [0, 0.1) is 24.5 Å². The van der Waals surface area contributed by atoms with Crippen molar-refractivity contribution in [1.82, 2.24) is 19.9 Å². The Morgan fingerprint density at radius 1 is 1.06 bits per heavy atom. The second-order valence-electron chi connectivity index (χ2n) is 8.42. The Morgan fingerprint density at radius 2 is 1.88 bits per heavy atom. The van der Waals surface area contributed by atoms with Crippen molar-refractivity contribution in [3.8, 4) is 17.3 Å². The van der Waals surface area contributed by atoms with Crippen molar-refractivity contribution < 1.29 is 18.3 Å². The lowest BCUT2D eigenvalue weighted by atomic mass is 9.77. The monoisotopic (exact) mass is 436 g/mol. The molecule has 2 saturated heterocycles. The van der Waals surface area contributed by atoms with Crippen molar-refractivity contribution in [3.05, 3.63) is 71.7 Å². The quantitative estimate of drug-likeness (QED) is 0.613. The molecule has 2 aliphatic heterocycles. The highest BCUT2D eigenvalue weighted by molar-refractivity contribution is 6.00. The van der Waals surface area contributed by atoms with Gasteiger partial charge in [0.1, 0.15) is 11.9 Å². The summed E-state index contributed by atoms with van der Waals surface area (Å²) in [6.07, 6.45) is 6.18. The number of piperidine rings is 2. The molecule has 32 heavy (non-hydrogen) atoms. The highest BCUT2D eigenvalue weighted by atomic mass is 19.1. The molecule has 1 aliphatic carbocycles. The van der Waals surface area contributed by atoms with Crippen LogP contribution in [0.2, 0.25) is 0 Å². The zero-order chi connectivity index (χ0) is 22.2. The molecule has 0 N–H and O–H groups in total. The third kappa shape index (κ3) is 3.81. The first-order chi connectivity index (χ1) is 15.5. The van der Waals surface area contributed by atoms with Crippen molar-refractivity contribution >= 4 is 5.91 Å². The fourth-order valence-corrected chi connectivity index (χ4v) is 4.70. The number of fused-ring (bicyclic) bond motifs is 3. The van der Waals surface area contributed by atoms with Gasteiger partial charge in [-0.15, -0.1) is 0 Å². The zero-order valence-corrected chi connectivity index (χ0v) is 17.5. The molecule has 3 aromatic rings. The number of nitrogens with zero attached hydrogens (tertiary/aromatic N) is 4. The maximum atomic E-state index is 14.8. The lowest BCUT2D eigenvalue weighted by Gasteiger charge is -2.49. The number of carbonyl (C=O) groups is 1. The number of benzene rings is 1. The van der Waals surface area contributed by atoms with Gasteiger partial charge in [0.15, 0.2) is 11.6 Å². The second kappa shape index (κ2) is 8.26. The second-order valence-corrected chi connectivity index (χ2v) is 8.42. The van der Waals surface area contributed by atoms with Gasteiger partial charge in [0.25, 0.3) is 5.91 Å². The topological polar surface area (TPSA) is 68.2 Å². The number of ether oxygens (including phenoxy) is 1. The van der Waals surface area contributed by atoms with Gasteiger partial charge in [0.05, 0.1) is 29.6 Å². The molecule has 6 rings (SSSR count). The maximum Gasteiger partial charge on any atom is 0.255 e. The molecule has 4 heterocycles. The van der Waals surface area contributed by atoms with Crippen LogP contribution in [0.25, 0.3) is 11.4 Å². The van der Waals surface area contributed by atoms with E-state index in [1.807, 2.05) is 19.1 Å². The van der Waals surface area contributed by atoms with Crippen LogP contribution in [0.15, 0.2) is 48.9 Å². The van der Waals surface area contributed by atoms with Crippen molar-refractivity contribution in [2.75, 3.05) is 6.54 Å². The molecular formula is C24H22F2N4O2. The molecule has 1 amide bonds. The van der Waals surface area contributed by atoms with Crippen LogP contribution in [-0.2, 0) is 0 Å². The molecule has 8 heteroatoms. The van der Waals surface area contributed by atoms with E-state index in [0.29, 0.717) is 18.3 Å². The van der Waals surface area contributed by atoms with Gasteiger partial charge in [-0.1, -0.05) is 12.1 Å². The third-order valence-corrected chi connectivity index (χ3v) is 6.23. The number of rotatable bonds is 4. The molecule has 6 nitrogen and oxygen atoms in total. The summed E-state index contributed by atoms with van der Waals surface area (Å²) >= 11 is 0. The number of halogens is 2. The minimum Gasteiger partial charge on any atom is -0.472 e. The first-order valence-corrected chi connectivity index (χ1v) is 10.7. The molecular weight excluding hydrogens is 414 g/mol. The lowest BCUT2D eigenvalue weighted by molar-refractivity contribution is -0.0313. The van der Waals surface area contributed by atoms with Crippen LogP contribution in [-0.4, -0.2) is 44.4 Å². The van der Waals surface area contributed by atoms with E-state index < -0.39 is 11.6 Å². The Kier molecular flexibility index (Phi) is 5.28. The number of amides is 1. The van der Waals surface area contributed by atoms with Gasteiger partial charge in [0.2, 0.25) is 5.88 Å². The number of hydrogen-bond donors (Lipinski definition) is 0. The Bertz CT molecular complexity index is 1140. The predicted octanol–water partition coefficient (Wildman–Crippen LogP) is 4.20. The molecule has 2 bridgehead atoms. The van der Waals surface area contributed by atoms with Gasteiger partial charge in [-0.05, 0) is 49.8 Å². The summed E-state index contributed by atoms with van der Waals surface area (Å²) in [7, 11) is 0. The lowest BCUT2D eigenvalue weighted by Crippen LogP contribution is -2.59. The standard InChI is InChI=1S/C24H22F2N4O2/c1-14-5-8-21(27-10-14)32-20-9-15-6-7-19(20)30(13-15)24(31)17-3-2-4-18(26)22(17)23-28-11-16(25)12-29-23/h2-5,8,10-12,15,19-20H,6-7,9,13H2,1H3/t15-,19-,20+/m0/s1. The molecule has 0 unspecified atom stereocenters. The highest BCUT2D eigenvalue weighted by Crippen LogP contribution is 2.38. The SMILES string of the molecule is Cc1ccc(O[C@@H]2C[C@@H]3CC[C@@H]2N(C(=O)c2cccc(F)c2-c2ncc(F)cn2)C3)nc1. The zero-order valence-electron chi connectivity index (χ0n) is 17.5. The maximum absolute atomic E-state index is 14.8. The van der Waals surface area contributed by atoms with E-state index >= 15 is 0 Å². The third-order valence-electron chi connectivity index (χ3n) is 6.23. The van der Waals surface area contributed by atoms with E-state index in [-0.39, 0.29) is 35.0 Å². The number of aryl methyl sites for hydroxylation is 1. The van der Waals surface area contributed by atoms with Gasteiger partial charge in [-0.25, -0.2) is 23.7 Å². The predicted molar refractivity (Wildman–Crippen MR) is 113 cm³/mol. The summed E-state index contributed by atoms with van der Waals surface area (Å²) in [5.74, 6) is -0.735. The van der Waals surface area contributed by atoms with Gasteiger partial charge in [-0.2, -0.15) is 0 Å². The van der Waals surface area contributed by atoms with E-state index in [0.717, 1.165) is 37.2 Å². The summed E-state index contributed by atoms with van der Waals surface area (Å²) < 4.78 is 34.2. The fraction of sp³-hybridized carbons (Fsp3) is 0.333. The molecule has 164 valence electrons. The number of aromatic nitrogens is 3. The number of hydrogen-bond acceptors (Lipinski definition) is 5. The Balaban J connectivity index is 1.45. The van der Waals surface area contributed by atoms with Gasteiger partial charge in [0, 0.05) is 18.8 Å². The van der Waals surface area contributed by atoms with Crippen LogP contribution < -0.4 is 4.74 Å². The molecule has 3 fully saturated rings. The summed E-state index contributed by atoms with van der Waals surface area (Å²) in [4.78, 5) is 27.5. The smallest absolute Gasteiger partial charge is 0.255 e. The average molecular weight is 436 g/mol. The van der Waals surface area contributed by atoms with E-state index in [2.05, 4.69) is 15.0 Å². The Morgan fingerprint density at radius 3 is 2.59 bits per heavy atom. The minimum absolute atomic E-state index is 0.0170. The molecule has 3 aliphatic rings. The van der Waals surface area contributed by atoms with Crippen molar-refractivity contribution in [2.45, 2.75) is 38.3 Å². The molecule has 2 aromatic heterocycles. The first-order valence-electron chi connectivity index (χ1n) is 10.7. The van der Waals surface area contributed by atoms with Crippen LogP contribution in [0.5, 0.6) is 5.88 Å². The summed E-state index contributed by atoms with van der Waals surface area (Å²) in [6, 6.07) is 7.93. The van der Waals surface area contributed by atoms with Gasteiger partial charge >= 0.3 is 0 Å². The molecule has 1 aromatic carbocycles. The van der Waals surface area contributed by atoms with Crippen molar-refractivity contribution in [3.63, 3.8) is 0 Å². The average Bonchev–Trinajstić information content (AvgIpc) is 2.81. The largest absolute Gasteiger partial charge is 0.472 e. The van der Waals surface area contributed by atoms with E-state index in [4.69, 9.17) is 4.74 Å². The fourth-order valence-electron chi connectivity index (χ4n) is 4.70. The van der Waals surface area contributed by atoms with E-state index in [1.54, 1.807) is 17.2 Å². The number of pyridine rings is 1. The van der Waals surface area contributed by atoms with Gasteiger partial charge in [-0.3, -0.25) is 4.79 Å². The van der Waals surface area contributed by atoms with Crippen molar-refractivity contribution in [1.29, 1.82) is 0 Å². The van der Waals surface area contributed by atoms with Crippen LogP contribution >= 0.6 is 0 Å². The van der Waals surface area contributed by atoms with E-state index in [9.17, 15) is 13.6 Å². The molecule has 3 atom stereocenters. The summed E-state index contributed by atoms with van der Waals surface area (Å²) in [5.41, 5.74) is 1.19. The Labute approximate surface area is 184 Å². The number of carbonyl (C=O) groups excluding carboxylic acids is 1. The highest BCUT2D eigenvalue weighted by Gasteiger charge is 2.45. The molecule has 0 radical (unpaired) electrons. The van der Waals surface area contributed by atoms with Crippen LogP contribution in [0.1, 0.15) is 35.2 Å². The van der Waals surface area contributed by atoms with Crippen LogP contribution in [0.3, 0.4) is 0 Å². The first kappa shape index (κ1) is 20.5. The molecule has 0 spiro atoms. The molecule has 1 saturated carbocycles. The normalized spacial score (nSPS) is 22.1. The summed E-state index contributed by atoms with van der Waals surface area (Å²) in [5, 5.41) is 0. The summed E-state index contributed by atoms with van der Waals surface area (Å²) in [6.45, 7) is 2.55. The van der Waals surface area contributed by atoms with Gasteiger partial charge < -0.3 is 9.64 Å². The van der Waals surface area contributed by atoms with E-state index in [1.165, 1.54) is 12.1 Å².